The topological polar surface area (TPSA) is 49.7 Å². The molecule has 0 aliphatic heterocycles. The summed E-state index contributed by atoms with van der Waals surface area (Å²) in [5.41, 5.74) is 2.80. The van der Waals surface area contributed by atoms with Crippen LogP contribution < -0.4 is 4.74 Å². The van der Waals surface area contributed by atoms with E-state index in [0.717, 1.165) is 28.9 Å². The molecule has 2 aromatic rings. The van der Waals surface area contributed by atoms with E-state index in [1.165, 1.54) is 0 Å². The molecular weight excluding hydrogens is 252 g/mol. The van der Waals surface area contributed by atoms with Gasteiger partial charge in [-0.15, -0.1) is 0 Å². The van der Waals surface area contributed by atoms with Crippen molar-refractivity contribution in [1.29, 1.82) is 0 Å². The monoisotopic (exact) mass is 272 g/mol. The molecule has 106 valence electrons. The number of rotatable bonds is 6. The maximum absolute atomic E-state index is 10.5. The molecule has 2 N–H and O–H groups in total. The molecule has 0 heterocycles. The van der Waals surface area contributed by atoms with Crippen LogP contribution in [0.5, 0.6) is 5.75 Å². The van der Waals surface area contributed by atoms with E-state index >= 15 is 0 Å². The lowest BCUT2D eigenvalue weighted by Gasteiger charge is -2.16. The molecule has 0 bridgehead atoms. The van der Waals surface area contributed by atoms with Crippen LogP contribution in [0.1, 0.15) is 29.2 Å². The van der Waals surface area contributed by atoms with Crippen LogP contribution in [0, 0.1) is 0 Å². The Balaban J connectivity index is 2.24. The summed E-state index contributed by atoms with van der Waals surface area (Å²) in [7, 11) is 1.62. The molecule has 0 saturated carbocycles. The second-order valence-electron chi connectivity index (χ2n) is 4.70. The van der Waals surface area contributed by atoms with Gasteiger partial charge in [0.25, 0.3) is 0 Å². The Hall–Kier alpha value is -1.84. The van der Waals surface area contributed by atoms with Crippen LogP contribution in [0.4, 0.5) is 0 Å². The number of aryl methyl sites for hydroxylation is 1. The van der Waals surface area contributed by atoms with Crippen LogP contribution in [-0.4, -0.2) is 23.9 Å². The molecule has 1 unspecified atom stereocenters. The normalized spacial score (nSPS) is 12.2. The lowest BCUT2D eigenvalue weighted by atomic mass is 9.94. The first-order valence-corrected chi connectivity index (χ1v) is 6.77. The average Bonchev–Trinajstić information content (AvgIpc) is 2.52. The molecular formula is C17H20O3. The van der Waals surface area contributed by atoms with Crippen molar-refractivity contribution in [1.82, 2.24) is 0 Å². The van der Waals surface area contributed by atoms with Crippen LogP contribution >= 0.6 is 0 Å². The third-order valence-corrected chi connectivity index (χ3v) is 3.39. The number of ether oxygens (including phenoxy) is 1. The van der Waals surface area contributed by atoms with Gasteiger partial charge in [0.15, 0.2) is 0 Å². The van der Waals surface area contributed by atoms with Gasteiger partial charge in [0.2, 0.25) is 0 Å². The predicted octanol–water partition coefficient (Wildman–Crippen LogP) is 2.70. The van der Waals surface area contributed by atoms with Gasteiger partial charge in [0, 0.05) is 6.61 Å². The Kier molecular flexibility index (Phi) is 5.16. The number of aliphatic hydroxyl groups excluding tert-OH is 2. The molecule has 2 aromatic carbocycles. The summed E-state index contributed by atoms with van der Waals surface area (Å²) in [5.74, 6) is 0.773. The maximum atomic E-state index is 10.5. The molecule has 0 aromatic heterocycles. The number of benzene rings is 2. The fraction of sp³-hybridized carbons (Fsp3) is 0.294. The smallest absolute Gasteiger partial charge is 0.118 e. The van der Waals surface area contributed by atoms with Crippen molar-refractivity contribution in [2.75, 3.05) is 13.7 Å². The van der Waals surface area contributed by atoms with E-state index in [2.05, 4.69) is 0 Å². The van der Waals surface area contributed by atoms with Crippen LogP contribution in [0.2, 0.25) is 0 Å². The number of methoxy groups -OCH3 is 1. The van der Waals surface area contributed by atoms with Gasteiger partial charge in [-0.1, -0.05) is 36.4 Å². The number of hydrogen-bond donors (Lipinski definition) is 2. The second-order valence-corrected chi connectivity index (χ2v) is 4.70. The molecule has 20 heavy (non-hydrogen) atoms. The fourth-order valence-electron chi connectivity index (χ4n) is 2.26. The highest BCUT2D eigenvalue weighted by molar-refractivity contribution is 5.38. The zero-order valence-corrected chi connectivity index (χ0v) is 11.6. The van der Waals surface area contributed by atoms with Crippen molar-refractivity contribution in [3.63, 3.8) is 0 Å². The molecule has 0 fully saturated rings. The lowest BCUT2D eigenvalue weighted by molar-refractivity contribution is 0.218. The maximum Gasteiger partial charge on any atom is 0.118 e. The summed E-state index contributed by atoms with van der Waals surface area (Å²) in [4.78, 5) is 0. The highest BCUT2D eigenvalue weighted by Crippen LogP contribution is 2.27. The number of hydrogen-bond acceptors (Lipinski definition) is 3. The van der Waals surface area contributed by atoms with Gasteiger partial charge in [-0.3, -0.25) is 0 Å². The predicted molar refractivity (Wildman–Crippen MR) is 78.9 cm³/mol. The highest BCUT2D eigenvalue weighted by atomic mass is 16.5. The van der Waals surface area contributed by atoms with Crippen molar-refractivity contribution in [3.05, 3.63) is 65.2 Å². The summed E-state index contributed by atoms with van der Waals surface area (Å²) in [5, 5.41) is 19.5. The first-order chi connectivity index (χ1) is 9.76. The Morgan fingerprint density at radius 2 is 1.75 bits per heavy atom. The van der Waals surface area contributed by atoms with Crippen molar-refractivity contribution in [2.45, 2.75) is 18.9 Å². The molecule has 0 aliphatic carbocycles. The third kappa shape index (κ3) is 3.38. The molecule has 0 spiro atoms. The molecule has 0 saturated heterocycles. The largest absolute Gasteiger partial charge is 0.497 e. The fourth-order valence-corrected chi connectivity index (χ4v) is 2.26. The van der Waals surface area contributed by atoms with Crippen LogP contribution in [0.15, 0.2) is 48.5 Å². The van der Waals surface area contributed by atoms with E-state index in [4.69, 9.17) is 9.84 Å². The first-order valence-electron chi connectivity index (χ1n) is 6.77. The summed E-state index contributed by atoms with van der Waals surface area (Å²) < 4.78 is 5.12. The van der Waals surface area contributed by atoms with Crippen LogP contribution in [0.25, 0.3) is 0 Å². The van der Waals surface area contributed by atoms with Gasteiger partial charge in [0.1, 0.15) is 11.9 Å². The molecule has 3 nitrogen and oxygen atoms in total. The minimum Gasteiger partial charge on any atom is -0.497 e. The zero-order chi connectivity index (χ0) is 14.4. The van der Waals surface area contributed by atoms with Crippen LogP contribution in [0.3, 0.4) is 0 Å². The Morgan fingerprint density at radius 1 is 1.05 bits per heavy atom. The molecule has 0 radical (unpaired) electrons. The van der Waals surface area contributed by atoms with Gasteiger partial charge in [-0.05, 0) is 41.7 Å². The van der Waals surface area contributed by atoms with E-state index in [1.807, 2.05) is 48.5 Å². The SMILES string of the molecule is COc1ccc(C(O)c2ccccc2CCCO)cc1. The van der Waals surface area contributed by atoms with Crippen molar-refractivity contribution < 1.29 is 14.9 Å². The Labute approximate surface area is 119 Å². The van der Waals surface area contributed by atoms with Gasteiger partial charge >= 0.3 is 0 Å². The molecule has 0 aliphatic rings. The average molecular weight is 272 g/mol. The quantitative estimate of drug-likeness (QED) is 0.850. The second kappa shape index (κ2) is 7.08. The first kappa shape index (κ1) is 14.6. The summed E-state index contributed by atoms with van der Waals surface area (Å²) in [6.45, 7) is 0.160. The van der Waals surface area contributed by atoms with E-state index in [0.29, 0.717) is 6.42 Å². The summed E-state index contributed by atoms with van der Waals surface area (Å²) >= 11 is 0. The van der Waals surface area contributed by atoms with Gasteiger partial charge in [-0.25, -0.2) is 0 Å². The highest BCUT2D eigenvalue weighted by Gasteiger charge is 2.14. The Bertz CT molecular complexity index is 534. The Morgan fingerprint density at radius 3 is 2.40 bits per heavy atom. The van der Waals surface area contributed by atoms with E-state index < -0.39 is 6.10 Å². The molecule has 2 rings (SSSR count). The summed E-state index contributed by atoms with van der Waals surface area (Å²) in [6, 6.07) is 15.2. The van der Waals surface area contributed by atoms with E-state index in [9.17, 15) is 5.11 Å². The van der Waals surface area contributed by atoms with Gasteiger partial charge < -0.3 is 14.9 Å². The van der Waals surface area contributed by atoms with Crippen molar-refractivity contribution >= 4 is 0 Å². The van der Waals surface area contributed by atoms with Gasteiger partial charge in [0.05, 0.1) is 7.11 Å². The van der Waals surface area contributed by atoms with Crippen LogP contribution in [-0.2, 0) is 6.42 Å². The minimum atomic E-state index is -0.657. The van der Waals surface area contributed by atoms with E-state index in [1.54, 1.807) is 7.11 Å². The van der Waals surface area contributed by atoms with Gasteiger partial charge in [-0.2, -0.15) is 0 Å². The van der Waals surface area contributed by atoms with Crippen molar-refractivity contribution in [3.8, 4) is 5.75 Å². The van der Waals surface area contributed by atoms with Crippen molar-refractivity contribution in [2.24, 2.45) is 0 Å². The molecule has 1 atom stereocenters. The third-order valence-electron chi connectivity index (χ3n) is 3.39. The number of aliphatic hydroxyl groups is 2. The molecule has 3 heteroatoms. The standard InChI is InChI=1S/C17H20O3/c1-20-15-10-8-14(9-11-15)17(19)16-7-3-2-5-13(16)6-4-12-18/h2-3,5,7-11,17-19H,4,6,12H2,1H3. The van der Waals surface area contributed by atoms with E-state index in [-0.39, 0.29) is 6.61 Å². The zero-order valence-electron chi connectivity index (χ0n) is 11.6. The molecule has 0 amide bonds. The minimum absolute atomic E-state index is 0.160. The summed E-state index contributed by atoms with van der Waals surface area (Å²) in [6.07, 6.45) is 0.808. The lowest BCUT2D eigenvalue weighted by Crippen LogP contribution is -2.04.